The summed E-state index contributed by atoms with van der Waals surface area (Å²) in [5.74, 6) is 4.48. The van der Waals surface area contributed by atoms with Crippen LogP contribution in [0.3, 0.4) is 0 Å². The molecule has 5 nitrogen and oxygen atoms in total. The zero-order valence-corrected chi connectivity index (χ0v) is 24.8. The number of carbonyl (C=O) groups excluding carboxylic acids is 1. The van der Waals surface area contributed by atoms with Gasteiger partial charge in [0.05, 0.1) is 11.3 Å². The SMILES string of the molecule is CC(C)CCC[C@@H](C)[C@H]1CC[C@H]2[C@@H]3CC=C4C[C@H](OC(=O)c5cccc(N([O-])O)c5)CC[C@]4(C)[C@H]3CC[C@]12C. The van der Waals surface area contributed by atoms with Crippen molar-refractivity contribution in [3.8, 4) is 0 Å². The number of esters is 1. The highest BCUT2D eigenvalue weighted by molar-refractivity contribution is 5.90. The third-order valence-corrected chi connectivity index (χ3v) is 11.8. The minimum absolute atomic E-state index is 0.0325. The molecule has 3 saturated carbocycles. The van der Waals surface area contributed by atoms with Crippen molar-refractivity contribution in [2.24, 2.45) is 46.3 Å². The Morgan fingerprint density at radius 2 is 1.90 bits per heavy atom. The van der Waals surface area contributed by atoms with Gasteiger partial charge >= 0.3 is 5.97 Å². The summed E-state index contributed by atoms with van der Waals surface area (Å²) in [6.07, 6.45) is 16.0. The molecule has 4 aliphatic rings. The van der Waals surface area contributed by atoms with Gasteiger partial charge in [0.15, 0.2) is 0 Å². The van der Waals surface area contributed by atoms with Gasteiger partial charge in [0.2, 0.25) is 0 Å². The Balaban J connectivity index is 1.24. The molecule has 216 valence electrons. The van der Waals surface area contributed by atoms with Crippen LogP contribution in [0, 0.1) is 51.5 Å². The van der Waals surface area contributed by atoms with E-state index >= 15 is 0 Å². The number of nitrogens with zero attached hydrogens (tertiary/aromatic N) is 1. The Morgan fingerprint density at radius 1 is 1.10 bits per heavy atom. The Labute approximate surface area is 235 Å². The second-order valence-electron chi connectivity index (χ2n) is 14.4. The monoisotopic (exact) mass is 536 g/mol. The van der Waals surface area contributed by atoms with E-state index in [-0.39, 0.29) is 22.4 Å². The average molecular weight is 537 g/mol. The van der Waals surface area contributed by atoms with Gasteiger partial charge in [0, 0.05) is 6.42 Å². The van der Waals surface area contributed by atoms with Crippen LogP contribution in [0.4, 0.5) is 5.69 Å². The molecule has 39 heavy (non-hydrogen) atoms. The van der Waals surface area contributed by atoms with Crippen molar-refractivity contribution in [1.82, 2.24) is 0 Å². The van der Waals surface area contributed by atoms with Gasteiger partial charge in [-0.05, 0) is 109 Å². The van der Waals surface area contributed by atoms with Crippen LogP contribution < -0.4 is 5.23 Å². The van der Waals surface area contributed by atoms with Crippen molar-refractivity contribution < 1.29 is 14.7 Å². The summed E-state index contributed by atoms with van der Waals surface area (Å²) in [6, 6.07) is 6.07. The summed E-state index contributed by atoms with van der Waals surface area (Å²) in [5, 5.41) is 20.2. The minimum Gasteiger partial charge on any atom is -0.733 e. The maximum absolute atomic E-state index is 12.9. The van der Waals surface area contributed by atoms with Crippen molar-refractivity contribution >= 4 is 11.7 Å². The Bertz CT molecular complexity index is 1070. The Hall–Kier alpha value is -1.85. The molecule has 0 spiro atoms. The highest BCUT2D eigenvalue weighted by Gasteiger charge is 2.59. The lowest BCUT2D eigenvalue weighted by Gasteiger charge is -2.58. The van der Waals surface area contributed by atoms with Gasteiger partial charge in [-0.1, -0.05) is 71.6 Å². The highest BCUT2D eigenvalue weighted by atomic mass is 16.8. The first-order chi connectivity index (χ1) is 18.5. The number of hydrogen-bond acceptors (Lipinski definition) is 5. The fraction of sp³-hybridized carbons (Fsp3) is 0.735. The molecule has 4 aliphatic carbocycles. The number of anilines is 1. The second-order valence-corrected chi connectivity index (χ2v) is 14.4. The quantitative estimate of drug-likeness (QED) is 0.204. The number of hydrogen-bond donors (Lipinski definition) is 1. The van der Waals surface area contributed by atoms with Crippen molar-refractivity contribution in [3.05, 3.63) is 46.7 Å². The van der Waals surface area contributed by atoms with Crippen LogP contribution in [0.25, 0.3) is 0 Å². The molecule has 0 unspecified atom stereocenters. The third-order valence-electron chi connectivity index (χ3n) is 11.8. The maximum atomic E-state index is 12.9. The van der Waals surface area contributed by atoms with E-state index in [1.807, 2.05) is 0 Å². The van der Waals surface area contributed by atoms with E-state index in [2.05, 4.69) is 40.7 Å². The average Bonchev–Trinajstić information content (AvgIpc) is 3.26. The van der Waals surface area contributed by atoms with Gasteiger partial charge in [-0.25, -0.2) is 4.79 Å². The predicted molar refractivity (Wildman–Crippen MR) is 156 cm³/mol. The normalized spacial score (nSPS) is 36.4. The third kappa shape index (κ3) is 5.43. The van der Waals surface area contributed by atoms with E-state index in [0.29, 0.717) is 11.0 Å². The standard InChI is InChI=1S/C34H50NO4/c1-22(2)8-6-9-23(3)29-14-15-30-28-13-12-25-21-27(16-18-33(25,4)31(28)17-19-34(29,30)5)39-32(36)24-10-7-11-26(20-24)35(37)38/h7,10-12,20,22-23,27-31,37H,6,8-9,13-19,21H2,1-5H3/q-1/t23-,27-,28+,29-,30+,31+,33+,34-/m1/s1. The van der Waals surface area contributed by atoms with Crippen molar-refractivity contribution in [3.63, 3.8) is 0 Å². The fourth-order valence-electron chi connectivity index (χ4n) is 9.72. The molecular weight excluding hydrogens is 486 g/mol. The lowest BCUT2D eigenvalue weighted by molar-refractivity contribution is -0.0594. The first kappa shape index (κ1) is 28.7. The molecule has 0 aromatic heterocycles. The Kier molecular flexibility index (Phi) is 8.23. The Morgan fingerprint density at radius 3 is 2.64 bits per heavy atom. The summed E-state index contributed by atoms with van der Waals surface area (Å²) >= 11 is 0. The first-order valence-electron chi connectivity index (χ1n) is 15.7. The molecule has 0 saturated heterocycles. The topological polar surface area (TPSA) is 72.8 Å². The van der Waals surface area contributed by atoms with E-state index < -0.39 is 5.97 Å². The second kappa shape index (κ2) is 11.2. The molecule has 1 N–H and O–H groups in total. The molecular formula is C34H50NO4-. The lowest BCUT2D eigenvalue weighted by atomic mass is 9.47. The number of allylic oxidation sites excluding steroid dienone is 1. The number of rotatable bonds is 8. The van der Waals surface area contributed by atoms with Crippen molar-refractivity contribution in [2.45, 2.75) is 111 Å². The van der Waals surface area contributed by atoms with E-state index in [9.17, 15) is 15.2 Å². The van der Waals surface area contributed by atoms with Gasteiger partial charge in [-0.15, -0.1) is 0 Å². The fourth-order valence-corrected chi connectivity index (χ4v) is 9.72. The summed E-state index contributed by atoms with van der Waals surface area (Å²) in [6.45, 7) is 12.4. The zero-order chi connectivity index (χ0) is 27.9. The largest absolute Gasteiger partial charge is 0.733 e. The first-order valence-corrected chi connectivity index (χ1v) is 15.7. The van der Waals surface area contributed by atoms with Gasteiger partial charge in [-0.3, -0.25) is 5.21 Å². The molecule has 1 aromatic rings. The molecule has 0 bridgehead atoms. The summed E-state index contributed by atoms with van der Waals surface area (Å²) in [7, 11) is 0. The summed E-state index contributed by atoms with van der Waals surface area (Å²) in [5.41, 5.74) is 2.55. The number of carbonyl (C=O) groups is 1. The number of benzene rings is 1. The molecule has 5 rings (SSSR count). The molecule has 8 atom stereocenters. The van der Waals surface area contributed by atoms with E-state index in [1.165, 1.54) is 69.1 Å². The van der Waals surface area contributed by atoms with Gasteiger partial charge in [0.1, 0.15) is 6.10 Å². The molecule has 0 radical (unpaired) electrons. The number of fused-ring (bicyclic) bond motifs is 5. The van der Waals surface area contributed by atoms with Crippen molar-refractivity contribution in [2.75, 3.05) is 5.23 Å². The molecule has 1 aromatic carbocycles. The molecule has 3 fully saturated rings. The van der Waals surface area contributed by atoms with E-state index in [0.717, 1.165) is 54.8 Å². The van der Waals surface area contributed by atoms with Crippen LogP contribution in [0.15, 0.2) is 35.9 Å². The predicted octanol–water partition coefficient (Wildman–Crippen LogP) is 8.95. The van der Waals surface area contributed by atoms with Gasteiger partial charge in [-0.2, -0.15) is 0 Å². The highest BCUT2D eigenvalue weighted by Crippen LogP contribution is 2.67. The summed E-state index contributed by atoms with van der Waals surface area (Å²) in [4.78, 5) is 12.9. The van der Waals surface area contributed by atoms with Crippen LogP contribution in [-0.4, -0.2) is 17.3 Å². The molecule has 0 amide bonds. The minimum atomic E-state index is -0.422. The molecule has 5 heteroatoms. The smallest absolute Gasteiger partial charge is 0.338 e. The van der Waals surface area contributed by atoms with Crippen molar-refractivity contribution in [1.29, 1.82) is 0 Å². The zero-order valence-electron chi connectivity index (χ0n) is 24.8. The van der Waals surface area contributed by atoms with Crippen LogP contribution >= 0.6 is 0 Å². The van der Waals surface area contributed by atoms with Crippen LogP contribution in [-0.2, 0) is 4.74 Å². The van der Waals surface area contributed by atoms with Crippen LogP contribution in [0.1, 0.15) is 116 Å². The van der Waals surface area contributed by atoms with Gasteiger partial charge < -0.3 is 15.2 Å². The summed E-state index contributed by atoms with van der Waals surface area (Å²) < 4.78 is 5.93. The maximum Gasteiger partial charge on any atom is 0.338 e. The lowest BCUT2D eigenvalue weighted by Crippen LogP contribution is -2.51. The van der Waals surface area contributed by atoms with Gasteiger partial charge in [0.25, 0.3) is 0 Å². The molecule has 0 heterocycles. The van der Waals surface area contributed by atoms with E-state index in [1.54, 1.807) is 12.1 Å². The van der Waals surface area contributed by atoms with E-state index in [4.69, 9.17) is 4.74 Å². The van der Waals surface area contributed by atoms with Crippen LogP contribution in [0.2, 0.25) is 0 Å². The number of ether oxygens (including phenoxy) is 1. The molecule has 0 aliphatic heterocycles. The van der Waals surface area contributed by atoms with Crippen LogP contribution in [0.5, 0.6) is 0 Å².